The van der Waals surface area contributed by atoms with E-state index in [2.05, 4.69) is 177 Å². The summed E-state index contributed by atoms with van der Waals surface area (Å²) in [4.78, 5) is 5.87. The first-order valence-electron chi connectivity index (χ1n) is 19.3. The Labute approximate surface area is 361 Å². The van der Waals surface area contributed by atoms with E-state index in [0.717, 1.165) is 12.8 Å². The summed E-state index contributed by atoms with van der Waals surface area (Å²) in [6.07, 6.45) is 7.36. The molecule has 4 aromatic carbocycles. The van der Waals surface area contributed by atoms with Crippen LogP contribution >= 0.6 is 22.7 Å². The summed E-state index contributed by atoms with van der Waals surface area (Å²) in [7, 11) is 0. The van der Waals surface area contributed by atoms with Crippen LogP contribution in [0.2, 0.25) is 0 Å². The topological polar surface area (TPSA) is 0 Å². The number of hydrogen-bond acceptors (Lipinski definition) is 2. The van der Waals surface area contributed by atoms with E-state index in [1.54, 1.807) is 22.3 Å². The SMILES string of the molecule is CCc1ccc(C2=Cc3c(-c4ccc(C(C)(C)C)cc4)cccc3[CH]2[Hf+2][CH]2C(c3ccc(CC)s3)=Cc3c(-c4ccc(C(C)(C)C)cc4)cccc32)s1.[Cl-].[Cl-]. The van der Waals surface area contributed by atoms with Gasteiger partial charge >= 0.3 is 340 Å². The molecule has 5 heteroatoms. The monoisotopic (exact) mass is 964 g/mol. The third-order valence-electron chi connectivity index (χ3n) is 11.2. The fourth-order valence-electron chi connectivity index (χ4n) is 8.01. The summed E-state index contributed by atoms with van der Waals surface area (Å²) in [6.45, 7) is 18.4. The minimum atomic E-state index is -1.53. The van der Waals surface area contributed by atoms with Crippen molar-refractivity contribution in [3.8, 4) is 22.3 Å². The summed E-state index contributed by atoms with van der Waals surface area (Å²) >= 11 is 2.49. The van der Waals surface area contributed by atoms with Crippen molar-refractivity contribution in [1.82, 2.24) is 0 Å². The molecule has 2 heterocycles. The second-order valence-corrected chi connectivity index (χ2v) is 24.4. The molecule has 0 bridgehead atoms. The maximum Gasteiger partial charge on any atom is -1.00 e. The van der Waals surface area contributed by atoms with Crippen molar-refractivity contribution < 1.29 is 47.7 Å². The van der Waals surface area contributed by atoms with Crippen LogP contribution in [0.3, 0.4) is 0 Å². The third-order valence-corrected chi connectivity index (χ3v) is 20.6. The molecule has 2 aromatic heterocycles. The molecule has 0 saturated heterocycles. The number of benzene rings is 4. The number of allylic oxidation sites excluding steroid dienone is 2. The van der Waals surface area contributed by atoms with Crippen LogP contribution in [0, 0.1) is 0 Å². The van der Waals surface area contributed by atoms with E-state index in [1.165, 1.54) is 64.0 Å². The molecule has 0 radical (unpaired) electrons. The van der Waals surface area contributed by atoms with Crippen LogP contribution in [-0.4, -0.2) is 0 Å². The first kappa shape index (κ1) is 41.8. The Kier molecular flexibility index (Phi) is 12.6. The van der Waals surface area contributed by atoms with Gasteiger partial charge in [-0.3, -0.25) is 0 Å². The van der Waals surface area contributed by atoms with Gasteiger partial charge in [0.25, 0.3) is 0 Å². The smallest absolute Gasteiger partial charge is 1.00 e. The van der Waals surface area contributed by atoms with E-state index in [0.29, 0.717) is 7.35 Å². The van der Waals surface area contributed by atoms with Crippen LogP contribution in [0.25, 0.3) is 45.6 Å². The molecule has 0 fully saturated rings. The van der Waals surface area contributed by atoms with Crippen LogP contribution in [-0.2, 0) is 46.6 Å². The maximum atomic E-state index is 2.60. The Balaban J connectivity index is 0.00000257. The number of hydrogen-bond donors (Lipinski definition) is 0. The Bertz CT molecular complexity index is 2190. The first-order valence-corrected chi connectivity index (χ1v) is 25.1. The fourth-order valence-corrected chi connectivity index (χ4v) is 18.0. The van der Waals surface area contributed by atoms with E-state index in [-0.39, 0.29) is 35.6 Å². The number of aryl methyl sites for hydroxylation is 2. The zero-order chi connectivity index (χ0) is 37.1. The maximum absolute atomic E-state index is 2.60. The van der Waals surface area contributed by atoms with Gasteiger partial charge in [-0.25, -0.2) is 0 Å². The van der Waals surface area contributed by atoms with Gasteiger partial charge in [0.15, 0.2) is 0 Å². The fraction of sp³-hybridized carbons (Fsp3) is 0.280. The summed E-state index contributed by atoms with van der Waals surface area (Å²) in [5.41, 5.74) is 17.5. The molecule has 6 aromatic rings. The molecule has 0 spiro atoms. The van der Waals surface area contributed by atoms with E-state index in [4.69, 9.17) is 0 Å². The minimum absolute atomic E-state index is 0. The van der Waals surface area contributed by atoms with Crippen molar-refractivity contribution >= 4 is 46.0 Å². The van der Waals surface area contributed by atoms with Gasteiger partial charge in [0.2, 0.25) is 0 Å². The zero-order valence-electron chi connectivity index (χ0n) is 33.2. The van der Waals surface area contributed by atoms with Crippen molar-refractivity contribution in [3.63, 3.8) is 0 Å². The van der Waals surface area contributed by atoms with Gasteiger partial charge in [0.05, 0.1) is 0 Å². The van der Waals surface area contributed by atoms with Gasteiger partial charge in [0.1, 0.15) is 0 Å². The summed E-state index contributed by atoms with van der Waals surface area (Å²) in [5, 5.41) is 0. The number of rotatable bonds is 8. The van der Waals surface area contributed by atoms with Gasteiger partial charge in [-0.1, -0.05) is 0 Å². The Morgan fingerprint density at radius 1 is 0.491 bits per heavy atom. The predicted octanol–water partition coefficient (Wildman–Crippen LogP) is 8.84. The summed E-state index contributed by atoms with van der Waals surface area (Å²) in [6, 6.07) is 42.6. The van der Waals surface area contributed by atoms with Gasteiger partial charge < -0.3 is 24.8 Å². The average molecular weight is 964 g/mol. The molecule has 0 nitrogen and oxygen atoms in total. The van der Waals surface area contributed by atoms with Crippen LogP contribution in [0.4, 0.5) is 0 Å². The number of halogens is 2. The van der Waals surface area contributed by atoms with Gasteiger partial charge in [-0.05, 0) is 0 Å². The van der Waals surface area contributed by atoms with Crippen molar-refractivity contribution in [2.45, 2.75) is 86.4 Å². The largest absolute Gasteiger partial charge is 1.00 e. The van der Waals surface area contributed by atoms with Crippen molar-refractivity contribution in [2.75, 3.05) is 0 Å². The molecule has 2 aliphatic carbocycles. The molecule has 2 aliphatic rings. The average Bonchev–Trinajstić information content (AvgIpc) is 3.96. The Morgan fingerprint density at radius 3 is 1.20 bits per heavy atom. The van der Waals surface area contributed by atoms with E-state index >= 15 is 0 Å². The quantitative estimate of drug-likeness (QED) is 0.134. The van der Waals surface area contributed by atoms with Crippen LogP contribution < -0.4 is 24.8 Å². The van der Waals surface area contributed by atoms with Crippen LogP contribution in [0.15, 0.2) is 109 Å². The second-order valence-electron chi connectivity index (χ2n) is 16.7. The predicted molar refractivity (Wildman–Crippen MR) is 230 cm³/mol. The standard InChI is InChI=1S/2C25H25S.2ClH.Hf/c2*1-5-21-13-14-24(26-21)19-15-18-7-6-8-22(23(18)16-19)17-9-11-20(12-10-17)25(2,3)4;;;/h2*6-16H,5H2,1-4H3;2*1H;/q;;;;+2/p-2. The van der Waals surface area contributed by atoms with Crippen molar-refractivity contribution in [3.05, 3.63) is 162 Å². The molecule has 0 amide bonds. The molecule has 2 atom stereocenters. The number of fused-ring (bicyclic) bond motifs is 2. The molecule has 55 heavy (non-hydrogen) atoms. The van der Waals surface area contributed by atoms with Crippen LogP contribution in [0.1, 0.15) is 116 Å². The van der Waals surface area contributed by atoms with E-state index in [9.17, 15) is 0 Å². The third kappa shape index (κ3) is 8.17. The number of thiophene rings is 2. The molecule has 0 saturated carbocycles. The molecule has 0 N–H and O–H groups in total. The Morgan fingerprint density at radius 2 is 0.873 bits per heavy atom. The van der Waals surface area contributed by atoms with Crippen molar-refractivity contribution in [2.24, 2.45) is 0 Å². The molecule has 280 valence electrons. The minimum Gasteiger partial charge on any atom is -1.00 e. The molecule has 2 unspecified atom stereocenters. The summed E-state index contributed by atoms with van der Waals surface area (Å²) in [5.74, 6) is 0. The van der Waals surface area contributed by atoms with Crippen molar-refractivity contribution in [1.29, 1.82) is 0 Å². The first-order chi connectivity index (χ1) is 25.4. The zero-order valence-corrected chi connectivity index (χ0v) is 39.9. The van der Waals surface area contributed by atoms with Gasteiger partial charge in [0, 0.05) is 0 Å². The molecule has 8 rings (SSSR count). The Hall–Kier alpha value is -2.79. The van der Waals surface area contributed by atoms with Gasteiger partial charge in [-0.15, -0.1) is 0 Å². The molecular weight excluding hydrogens is 914 g/mol. The van der Waals surface area contributed by atoms with E-state index in [1.807, 2.05) is 22.7 Å². The molecule has 0 aliphatic heterocycles. The van der Waals surface area contributed by atoms with Crippen LogP contribution in [0.5, 0.6) is 0 Å². The van der Waals surface area contributed by atoms with E-state index < -0.39 is 22.9 Å². The van der Waals surface area contributed by atoms with Gasteiger partial charge in [-0.2, -0.15) is 0 Å². The molecular formula is C50H50Cl2HfS2. The summed E-state index contributed by atoms with van der Waals surface area (Å²) < 4.78 is 0.976. The normalized spacial score (nSPS) is 16.0. The second kappa shape index (κ2) is 16.6.